The Kier molecular flexibility index (Phi) is 7.93. The molecule has 9 atom stereocenters. The number of nitrogens with zero attached hydrogens (tertiary/aromatic N) is 3. The molecular formula is C19H28N6O10. The molecule has 8 unspecified atom stereocenters. The highest BCUT2D eigenvalue weighted by Crippen LogP contribution is 2.56. The Hall–Kier alpha value is -2.88. The lowest BCUT2D eigenvalue weighted by Gasteiger charge is -2.25. The van der Waals surface area contributed by atoms with Crippen molar-refractivity contribution in [1.82, 2.24) is 19.7 Å². The van der Waals surface area contributed by atoms with E-state index in [9.17, 15) is 30.0 Å². The molecule has 1 saturated carbocycles. The van der Waals surface area contributed by atoms with E-state index in [0.717, 1.165) is 6.20 Å². The minimum atomic E-state index is -1.50. The molecule has 10 N–H and O–H groups in total. The standard InChI is InChI=1S/C11H17N3O4.C8H11N3O6/c1-2-14(4-3-7(12)13)10-8-9(16)6(5-15)18-11(8,10)17;12-2-3-5(14)6(15)7(17-3)11-8(16)10-4(13)1-9-11/h1,6,8-10,15-17H,3-5H2,(H3,12,13);1,3,5-7,12,14-15H,2H2,(H,10,13,16)/t6?,8-,9?,10?,11?;/m1./s1. The van der Waals surface area contributed by atoms with Gasteiger partial charge in [-0.05, 0) is 0 Å². The van der Waals surface area contributed by atoms with E-state index in [0.29, 0.717) is 11.2 Å². The van der Waals surface area contributed by atoms with E-state index >= 15 is 0 Å². The highest BCUT2D eigenvalue weighted by atomic mass is 16.7. The van der Waals surface area contributed by atoms with Gasteiger partial charge in [0, 0.05) is 19.0 Å². The summed E-state index contributed by atoms with van der Waals surface area (Å²) >= 11 is 0. The second kappa shape index (κ2) is 10.4. The first-order chi connectivity index (χ1) is 16.5. The van der Waals surface area contributed by atoms with Crippen LogP contribution in [-0.2, 0) is 9.47 Å². The van der Waals surface area contributed by atoms with Crippen LogP contribution in [0.3, 0.4) is 0 Å². The van der Waals surface area contributed by atoms with Crippen LogP contribution in [0.25, 0.3) is 0 Å². The van der Waals surface area contributed by atoms with Crippen molar-refractivity contribution in [3.63, 3.8) is 0 Å². The van der Waals surface area contributed by atoms with Gasteiger partial charge in [-0.1, -0.05) is 6.42 Å². The van der Waals surface area contributed by atoms with Crippen LogP contribution in [0.2, 0.25) is 0 Å². The van der Waals surface area contributed by atoms with Crippen molar-refractivity contribution >= 4 is 5.84 Å². The molecule has 3 heterocycles. The number of nitrogens with one attached hydrogen (secondary N) is 2. The molecule has 4 rings (SSSR count). The Labute approximate surface area is 197 Å². The van der Waals surface area contributed by atoms with E-state index < -0.39 is 72.4 Å². The fourth-order valence-electron chi connectivity index (χ4n) is 4.19. The number of terminal acetylenes is 1. The van der Waals surface area contributed by atoms with Crippen molar-refractivity contribution in [1.29, 1.82) is 5.41 Å². The summed E-state index contributed by atoms with van der Waals surface area (Å²) < 4.78 is 11.0. The summed E-state index contributed by atoms with van der Waals surface area (Å²) in [6, 6.07) is 1.88. The Balaban J connectivity index is 0.000000196. The third-order valence-corrected chi connectivity index (χ3v) is 6.02. The monoisotopic (exact) mass is 500 g/mol. The second-order valence-electron chi connectivity index (χ2n) is 8.26. The Bertz CT molecular complexity index is 1070. The Morgan fingerprint density at radius 2 is 1.91 bits per heavy atom. The predicted molar refractivity (Wildman–Crippen MR) is 114 cm³/mol. The minimum absolute atomic E-state index is 0.00255. The van der Waals surface area contributed by atoms with E-state index in [1.165, 1.54) is 4.90 Å². The fourth-order valence-corrected chi connectivity index (χ4v) is 4.19. The quantitative estimate of drug-likeness (QED) is 0.0732. The first-order valence-electron chi connectivity index (χ1n) is 10.6. The summed E-state index contributed by atoms with van der Waals surface area (Å²) in [4.78, 5) is 25.6. The maximum atomic E-state index is 11.4. The van der Waals surface area contributed by atoms with Gasteiger partial charge in [-0.15, -0.1) is 0 Å². The first-order valence-corrected chi connectivity index (χ1v) is 10.6. The van der Waals surface area contributed by atoms with Gasteiger partial charge >= 0.3 is 5.69 Å². The van der Waals surface area contributed by atoms with Gasteiger partial charge in [0.15, 0.2) is 12.0 Å². The van der Waals surface area contributed by atoms with Crippen LogP contribution in [-0.4, -0.2) is 118 Å². The van der Waals surface area contributed by atoms with Gasteiger partial charge in [-0.3, -0.25) is 15.2 Å². The zero-order valence-electron chi connectivity index (χ0n) is 18.3. The molecule has 1 aliphatic carbocycles. The van der Waals surface area contributed by atoms with E-state index in [1.54, 1.807) is 0 Å². The summed E-state index contributed by atoms with van der Waals surface area (Å²) in [5.41, 5.74) is 3.70. The van der Waals surface area contributed by atoms with Crippen molar-refractivity contribution < 1.29 is 40.1 Å². The average Bonchev–Trinajstić information content (AvgIpc) is 3.18. The van der Waals surface area contributed by atoms with Crippen LogP contribution in [0, 0.1) is 23.8 Å². The molecule has 0 radical (unpaired) electrons. The summed E-state index contributed by atoms with van der Waals surface area (Å²) in [5, 5.41) is 67.6. The molecule has 2 aliphatic heterocycles. The molecule has 0 spiro atoms. The number of fused-ring (bicyclic) bond motifs is 1. The number of hydrogen-bond acceptors (Lipinski definition) is 13. The molecule has 16 nitrogen and oxygen atoms in total. The number of rotatable bonds is 7. The van der Waals surface area contributed by atoms with Crippen molar-refractivity contribution in [2.45, 2.75) is 55.0 Å². The van der Waals surface area contributed by atoms with Crippen LogP contribution in [0.15, 0.2) is 15.8 Å². The summed E-state index contributed by atoms with van der Waals surface area (Å²) in [5.74, 6) is -2.03. The lowest BCUT2D eigenvalue weighted by atomic mass is 10.1. The third kappa shape index (κ3) is 5.07. The van der Waals surface area contributed by atoms with Gasteiger partial charge in [-0.25, -0.2) is 4.79 Å². The lowest BCUT2D eigenvalue weighted by molar-refractivity contribution is -0.165. The highest BCUT2D eigenvalue weighted by molar-refractivity contribution is 5.77. The van der Waals surface area contributed by atoms with Crippen molar-refractivity contribution in [2.75, 3.05) is 19.8 Å². The van der Waals surface area contributed by atoms with Gasteiger partial charge in [0.25, 0.3) is 5.56 Å². The Morgan fingerprint density at radius 3 is 2.37 bits per heavy atom. The second-order valence-corrected chi connectivity index (χ2v) is 8.26. The lowest BCUT2D eigenvalue weighted by Crippen LogP contribution is -2.40. The van der Waals surface area contributed by atoms with Crippen LogP contribution in [0.4, 0.5) is 0 Å². The number of amidine groups is 1. The summed E-state index contributed by atoms with van der Waals surface area (Å²) in [6.45, 7) is -0.543. The Morgan fingerprint density at radius 1 is 1.26 bits per heavy atom. The summed E-state index contributed by atoms with van der Waals surface area (Å²) in [6.07, 6.45) is -0.245. The molecule has 0 aromatic carbocycles. The molecule has 3 fully saturated rings. The smallest absolute Gasteiger partial charge is 0.347 e. The normalized spacial score (nSPS) is 37.1. The van der Waals surface area contributed by atoms with Crippen LogP contribution in [0.5, 0.6) is 0 Å². The molecule has 1 aromatic rings. The first kappa shape index (κ1) is 26.7. The van der Waals surface area contributed by atoms with E-state index in [2.05, 4.69) is 11.1 Å². The van der Waals surface area contributed by atoms with Crippen molar-refractivity contribution in [2.24, 2.45) is 11.7 Å². The summed E-state index contributed by atoms with van der Waals surface area (Å²) in [7, 11) is 0. The molecule has 1 aromatic heterocycles. The van der Waals surface area contributed by atoms with E-state index in [4.69, 9.17) is 37.3 Å². The predicted octanol–water partition coefficient (Wildman–Crippen LogP) is -5.81. The van der Waals surface area contributed by atoms with Gasteiger partial charge in [0.05, 0.1) is 31.1 Å². The zero-order valence-corrected chi connectivity index (χ0v) is 18.3. The minimum Gasteiger partial charge on any atom is -0.394 e. The molecule has 16 heteroatoms. The molecule has 0 bridgehead atoms. The van der Waals surface area contributed by atoms with Gasteiger partial charge in [-0.2, -0.15) is 9.78 Å². The zero-order chi connectivity index (χ0) is 26.1. The topological polar surface area (TPSA) is 261 Å². The number of nitrogens with two attached hydrogens (primary N) is 1. The molecule has 35 heavy (non-hydrogen) atoms. The van der Waals surface area contributed by atoms with Crippen LogP contribution in [0.1, 0.15) is 12.6 Å². The number of aromatic nitrogens is 3. The number of aliphatic hydroxyl groups excluding tert-OH is 5. The maximum absolute atomic E-state index is 11.4. The molecule has 0 amide bonds. The SMILES string of the molecule is C#CN(CCC(=N)N)C1[C@H]2C(O)C(CO)OC12O.O=c1cnn(C2OC(CO)C(O)C2O)c(=O)[nH]1. The molecule has 2 saturated heterocycles. The van der Waals surface area contributed by atoms with Gasteiger partial charge in [0.1, 0.15) is 36.7 Å². The fraction of sp³-hybridized carbons (Fsp3) is 0.684. The van der Waals surface area contributed by atoms with Gasteiger partial charge in [0.2, 0.25) is 0 Å². The molecule has 3 aliphatic rings. The molecule has 194 valence electrons. The van der Waals surface area contributed by atoms with E-state index in [1.807, 2.05) is 4.98 Å². The van der Waals surface area contributed by atoms with E-state index in [-0.39, 0.29) is 18.9 Å². The molecular weight excluding hydrogens is 472 g/mol. The highest BCUT2D eigenvalue weighted by Gasteiger charge is 2.77. The van der Waals surface area contributed by atoms with Gasteiger partial charge < -0.3 is 50.7 Å². The van der Waals surface area contributed by atoms with Crippen LogP contribution < -0.4 is 17.0 Å². The number of aliphatic hydroxyl groups is 6. The number of H-pyrrole nitrogens is 1. The van der Waals surface area contributed by atoms with Crippen LogP contribution >= 0.6 is 0 Å². The number of aromatic amines is 1. The largest absolute Gasteiger partial charge is 0.394 e. The number of ether oxygens (including phenoxy) is 2. The van der Waals surface area contributed by atoms with Crippen molar-refractivity contribution in [3.05, 3.63) is 27.0 Å². The third-order valence-electron chi connectivity index (χ3n) is 6.02. The maximum Gasteiger partial charge on any atom is 0.347 e. The number of hydrogen-bond donors (Lipinski definition) is 9. The average molecular weight is 500 g/mol. The van der Waals surface area contributed by atoms with Crippen molar-refractivity contribution in [3.8, 4) is 12.5 Å².